The van der Waals surface area contributed by atoms with Crippen LogP contribution in [0.3, 0.4) is 0 Å². The number of fused-ring (bicyclic) bond motifs is 1. The SMILES string of the molecule is Cc1oc(-c2ccc3c(c2)OCO3)nc1CC(=O)NC1CCCC1. The fourth-order valence-corrected chi connectivity index (χ4v) is 3.25. The molecule has 24 heavy (non-hydrogen) atoms. The first-order valence-corrected chi connectivity index (χ1v) is 8.35. The van der Waals surface area contributed by atoms with Crippen LogP contribution in [-0.2, 0) is 11.2 Å². The summed E-state index contributed by atoms with van der Waals surface area (Å²) in [5.74, 6) is 2.58. The van der Waals surface area contributed by atoms with Crippen LogP contribution >= 0.6 is 0 Å². The van der Waals surface area contributed by atoms with Crippen LogP contribution in [0.4, 0.5) is 0 Å². The molecule has 0 atom stereocenters. The van der Waals surface area contributed by atoms with E-state index < -0.39 is 0 Å². The van der Waals surface area contributed by atoms with Crippen molar-refractivity contribution in [3.05, 3.63) is 29.7 Å². The minimum atomic E-state index is 0.00976. The van der Waals surface area contributed by atoms with E-state index in [2.05, 4.69) is 10.3 Å². The lowest BCUT2D eigenvalue weighted by molar-refractivity contribution is -0.121. The number of aryl methyl sites for hydroxylation is 1. The molecule has 1 aliphatic carbocycles. The number of benzene rings is 1. The van der Waals surface area contributed by atoms with Crippen molar-refractivity contribution < 1.29 is 18.7 Å². The van der Waals surface area contributed by atoms with Crippen LogP contribution in [0.5, 0.6) is 11.5 Å². The normalized spacial score (nSPS) is 16.5. The summed E-state index contributed by atoms with van der Waals surface area (Å²) in [5, 5.41) is 3.08. The number of hydrogen-bond acceptors (Lipinski definition) is 5. The summed E-state index contributed by atoms with van der Waals surface area (Å²) in [7, 11) is 0. The van der Waals surface area contributed by atoms with E-state index >= 15 is 0 Å². The molecule has 6 heteroatoms. The maximum atomic E-state index is 12.2. The Bertz CT molecular complexity index is 762. The van der Waals surface area contributed by atoms with Gasteiger partial charge in [-0.1, -0.05) is 12.8 Å². The Morgan fingerprint density at radius 3 is 2.88 bits per heavy atom. The highest BCUT2D eigenvalue weighted by Gasteiger charge is 2.21. The lowest BCUT2D eigenvalue weighted by Crippen LogP contribution is -2.33. The monoisotopic (exact) mass is 328 g/mol. The Balaban J connectivity index is 1.48. The van der Waals surface area contributed by atoms with Gasteiger partial charge in [0.2, 0.25) is 18.6 Å². The van der Waals surface area contributed by atoms with Gasteiger partial charge >= 0.3 is 0 Å². The Hall–Kier alpha value is -2.50. The van der Waals surface area contributed by atoms with Crippen LogP contribution in [-0.4, -0.2) is 23.7 Å². The van der Waals surface area contributed by atoms with E-state index in [0.29, 0.717) is 29.1 Å². The van der Waals surface area contributed by atoms with Crippen molar-refractivity contribution in [1.82, 2.24) is 10.3 Å². The second-order valence-electron chi connectivity index (χ2n) is 6.32. The Kier molecular flexibility index (Phi) is 3.88. The molecule has 0 spiro atoms. The van der Waals surface area contributed by atoms with Crippen LogP contribution in [0.1, 0.15) is 37.1 Å². The molecule has 1 aromatic carbocycles. The van der Waals surface area contributed by atoms with Crippen molar-refractivity contribution in [2.45, 2.75) is 45.1 Å². The lowest BCUT2D eigenvalue weighted by atomic mass is 10.2. The van der Waals surface area contributed by atoms with Gasteiger partial charge < -0.3 is 19.2 Å². The summed E-state index contributed by atoms with van der Waals surface area (Å²) in [6, 6.07) is 5.87. The molecule has 0 bridgehead atoms. The number of oxazole rings is 1. The van der Waals surface area contributed by atoms with Gasteiger partial charge in [-0.15, -0.1) is 0 Å². The predicted molar refractivity (Wildman–Crippen MR) is 86.9 cm³/mol. The second kappa shape index (κ2) is 6.19. The average Bonchev–Trinajstić information content (AvgIpc) is 3.28. The summed E-state index contributed by atoms with van der Waals surface area (Å²) in [5.41, 5.74) is 1.49. The quantitative estimate of drug-likeness (QED) is 0.934. The van der Waals surface area contributed by atoms with Crippen LogP contribution in [0.25, 0.3) is 11.5 Å². The van der Waals surface area contributed by atoms with E-state index in [-0.39, 0.29) is 19.1 Å². The van der Waals surface area contributed by atoms with Gasteiger partial charge in [-0.05, 0) is 38.0 Å². The molecule has 126 valence electrons. The largest absolute Gasteiger partial charge is 0.454 e. The average molecular weight is 328 g/mol. The molecule has 2 aromatic rings. The van der Waals surface area contributed by atoms with Crippen molar-refractivity contribution in [3.8, 4) is 23.0 Å². The predicted octanol–water partition coefficient (Wildman–Crippen LogP) is 2.98. The van der Waals surface area contributed by atoms with Gasteiger partial charge in [0.15, 0.2) is 11.5 Å². The van der Waals surface area contributed by atoms with Gasteiger partial charge in [-0.2, -0.15) is 0 Å². The number of ether oxygens (including phenoxy) is 2. The number of carbonyl (C=O) groups excluding carboxylic acids is 1. The van der Waals surface area contributed by atoms with Crippen LogP contribution in [0, 0.1) is 6.92 Å². The lowest BCUT2D eigenvalue weighted by Gasteiger charge is -2.10. The summed E-state index contributed by atoms with van der Waals surface area (Å²) in [6.45, 7) is 2.07. The first-order chi connectivity index (χ1) is 11.7. The molecule has 1 saturated carbocycles. The number of aromatic nitrogens is 1. The van der Waals surface area contributed by atoms with E-state index in [1.165, 1.54) is 12.8 Å². The van der Waals surface area contributed by atoms with Gasteiger partial charge in [0.05, 0.1) is 12.1 Å². The third kappa shape index (κ3) is 2.96. The highest BCUT2D eigenvalue weighted by atomic mass is 16.7. The van der Waals surface area contributed by atoms with Gasteiger partial charge in [0.25, 0.3) is 0 Å². The molecule has 1 fully saturated rings. The van der Waals surface area contributed by atoms with Crippen LogP contribution in [0.2, 0.25) is 0 Å². The molecule has 0 radical (unpaired) electrons. The van der Waals surface area contributed by atoms with Crippen molar-refractivity contribution in [2.24, 2.45) is 0 Å². The first kappa shape index (κ1) is 15.1. The minimum absolute atomic E-state index is 0.00976. The molecule has 1 aromatic heterocycles. The number of nitrogens with zero attached hydrogens (tertiary/aromatic N) is 1. The van der Waals surface area contributed by atoms with Crippen molar-refractivity contribution in [2.75, 3.05) is 6.79 Å². The molecule has 0 unspecified atom stereocenters. The Labute approximate surface area is 140 Å². The zero-order valence-electron chi connectivity index (χ0n) is 13.6. The second-order valence-corrected chi connectivity index (χ2v) is 6.32. The highest BCUT2D eigenvalue weighted by Crippen LogP contribution is 2.36. The van der Waals surface area contributed by atoms with Crippen molar-refractivity contribution >= 4 is 5.91 Å². The number of hydrogen-bond donors (Lipinski definition) is 1. The molecule has 4 rings (SSSR count). The standard InChI is InChI=1S/C18H20N2O4/c1-11-14(9-17(21)19-13-4-2-3-5-13)20-18(24-11)12-6-7-15-16(8-12)23-10-22-15/h6-8,13H,2-5,9-10H2,1H3,(H,19,21). The molecule has 0 saturated heterocycles. The summed E-state index contributed by atoms with van der Waals surface area (Å²) in [6.07, 6.45) is 4.79. The Morgan fingerprint density at radius 2 is 2.04 bits per heavy atom. The first-order valence-electron chi connectivity index (χ1n) is 8.35. The number of nitrogens with one attached hydrogen (secondary N) is 1. The third-order valence-corrected chi connectivity index (χ3v) is 4.56. The number of amides is 1. The van der Waals surface area contributed by atoms with E-state index in [1.54, 1.807) is 0 Å². The van der Waals surface area contributed by atoms with E-state index in [0.717, 1.165) is 24.2 Å². The molecule has 1 aliphatic heterocycles. The fourth-order valence-electron chi connectivity index (χ4n) is 3.25. The fraction of sp³-hybridized carbons (Fsp3) is 0.444. The molecular weight excluding hydrogens is 308 g/mol. The van der Waals surface area contributed by atoms with E-state index in [1.807, 2.05) is 25.1 Å². The van der Waals surface area contributed by atoms with Gasteiger partial charge in [-0.3, -0.25) is 4.79 Å². The maximum absolute atomic E-state index is 12.2. The summed E-state index contributed by atoms with van der Waals surface area (Å²) < 4.78 is 16.4. The number of carbonyl (C=O) groups is 1. The van der Waals surface area contributed by atoms with E-state index in [9.17, 15) is 4.79 Å². The Morgan fingerprint density at radius 1 is 1.25 bits per heavy atom. The zero-order valence-corrected chi connectivity index (χ0v) is 13.6. The molecule has 1 N–H and O–H groups in total. The zero-order chi connectivity index (χ0) is 16.5. The molecule has 1 amide bonds. The molecule has 2 aliphatic rings. The van der Waals surface area contributed by atoms with Gasteiger partial charge in [0, 0.05) is 11.6 Å². The van der Waals surface area contributed by atoms with E-state index in [4.69, 9.17) is 13.9 Å². The molecule has 2 heterocycles. The topological polar surface area (TPSA) is 73.6 Å². The highest BCUT2D eigenvalue weighted by molar-refractivity contribution is 5.78. The molecule has 6 nitrogen and oxygen atoms in total. The van der Waals surface area contributed by atoms with Crippen molar-refractivity contribution in [3.63, 3.8) is 0 Å². The third-order valence-electron chi connectivity index (χ3n) is 4.56. The molecular formula is C18H20N2O4. The van der Waals surface area contributed by atoms with Crippen LogP contribution in [0.15, 0.2) is 22.6 Å². The number of rotatable bonds is 4. The van der Waals surface area contributed by atoms with Crippen LogP contribution < -0.4 is 14.8 Å². The smallest absolute Gasteiger partial charge is 0.231 e. The summed E-state index contributed by atoms with van der Waals surface area (Å²) in [4.78, 5) is 16.7. The van der Waals surface area contributed by atoms with Gasteiger partial charge in [0.1, 0.15) is 5.76 Å². The van der Waals surface area contributed by atoms with Crippen molar-refractivity contribution in [1.29, 1.82) is 0 Å². The minimum Gasteiger partial charge on any atom is -0.454 e. The summed E-state index contributed by atoms with van der Waals surface area (Å²) >= 11 is 0. The maximum Gasteiger partial charge on any atom is 0.231 e. The van der Waals surface area contributed by atoms with Gasteiger partial charge in [-0.25, -0.2) is 4.98 Å².